The first-order chi connectivity index (χ1) is 9.20. The molecule has 0 heterocycles. The summed E-state index contributed by atoms with van der Waals surface area (Å²) in [7, 11) is 0. The molecule has 0 aliphatic carbocycles. The summed E-state index contributed by atoms with van der Waals surface area (Å²) < 4.78 is 5.81. The van der Waals surface area contributed by atoms with Gasteiger partial charge in [-0.3, -0.25) is 0 Å². The monoisotopic (exact) mass is 295 g/mol. The Labute approximate surface area is 123 Å². The zero-order chi connectivity index (χ0) is 13.7. The van der Waals surface area contributed by atoms with Gasteiger partial charge in [-0.25, -0.2) is 0 Å². The Bertz CT molecular complexity index is 540. The molecule has 2 aromatic carbocycles. The lowest BCUT2D eigenvalue weighted by Gasteiger charge is -2.12. The molecule has 0 atom stereocenters. The SMILES string of the molecule is NCCc1c(Cl)cccc1OCc1ccc(Cl)cc1. The lowest BCUT2D eigenvalue weighted by atomic mass is 10.1. The van der Waals surface area contributed by atoms with Gasteiger partial charge in [0.1, 0.15) is 12.4 Å². The minimum Gasteiger partial charge on any atom is -0.489 e. The number of nitrogens with two attached hydrogens (primary N) is 1. The Morgan fingerprint density at radius 3 is 2.42 bits per heavy atom. The number of rotatable bonds is 5. The van der Waals surface area contributed by atoms with Gasteiger partial charge in [0, 0.05) is 15.6 Å². The van der Waals surface area contributed by atoms with Crippen LogP contribution in [0, 0.1) is 0 Å². The van der Waals surface area contributed by atoms with Gasteiger partial charge in [-0.05, 0) is 42.8 Å². The summed E-state index contributed by atoms with van der Waals surface area (Å²) in [5.74, 6) is 0.785. The molecule has 2 nitrogen and oxygen atoms in total. The van der Waals surface area contributed by atoms with Crippen LogP contribution in [0.1, 0.15) is 11.1 Å². The molecule has 0 radical (unpaired) electrons. The van der Waals surface area contributed by atoms with Crippen LogP contribution >= 0.6 is 23.2 Å². The molecule has 0 spiro atoms. The van der Waals surface area contributed by atoms with Gasteiger partial charge < -0.3 is 10.5 Å². The molecule has 0 amide bonds. The third-order valence-electron chi connectivity index (χ3n) is 2.78. The molecule has 100 valence electrons. The van der Waals surface area contributed by atoms with E-state index < -0.39 is 0 Å². The molecule has 0 aromatic heterocycles. The van der Waals surface area contributed by atoms with Gasteiger partial charge in [-0.2, -0.15) is 0 Å². The second-order valence-electron chi connectivity index (χ2n) is 4.17. The van der Waals surface area contributed by atoms with E-state index in [0.29, 0.717) is 24.6 Å². The number of benzene rings is 2. The second-order valence-corrected chi connectivity index (χ2v) is 5.01. The van der Waals surface area contributed by atoms with Gasteiger partial charge in [-0.15, -0.1) is 0 Å². The van der Waals surface area contributed by atoms with Gasteiger partial charge in [0.2, 0.25) is 0 Å². The highest BCUT2D eigenvalue weighted by molar-refractivity contribution is 6.31. The summed E-state index contributed by atoms with van der Waals surface area (Å²) in [5, 5.41) is 1.41. The maximum absolute atomic E-state index is 6.16. The zero-order valence-corrected chi connectivity index (χ0v) is 11.9. The Morgan fingerprint density at radius 2 is 1.74 bits per heavy atom. The molecule has 2 N–H and O–H groups in total. The Kier molecular flexibility index (Phi) is 5.08. The first-order valence-electron chi connectivity index (χ1n) is 6.05. The predicted molar refractivity (Wildman–Crippen MR) is 80.0 cm³/mol. The number of halogens is 2. The van der Waals surface area contributed by atoms with Crippen molar-refractivity contribution in [3.05, 3.63) is 63.6 Å². The first-order valence-corrected chi connectivity index (χ1v) is 6.81. The van der Waals surface area contributed by atoms with E-state index in [2.05, 4.69) is 0 Å². The van der Waals surface area contributed by atoms with Crippen LogP contribution in [0.3, 0.4) is 0 Å². The lowest BCUT2D eigenvalue weighted by molar-refractivity contribution is 0.303. The fourth-order valence-corrected chi connectivity index (χ4v) is 2.19. The first kappa shape index (κ1) is 14.2. The highest BCUT2D eigenvalue weighted by Crippen LogP contribution is 2.27. The molecular weight excluding hydrogens is 281 g/mol. The van der Waals surface area contributed by atoms with Crippen LogP contribution in [0.5, 0.6) is 5.75 Å². The van der Waals surface area contributed by atoms with Crippen LogP contribution in [-0.2, 0) is 13.0 Å². The van der Waals surface area contributed by atoms with E-state index in [0.717, 1.165) is 21.9 Å². The molecule has 0 saturated heterocycles. The van der Waals surface area contributed by atoms with Gasteiger partial charge in [0.15, 0.2) is 0 Å². The molecule has 0 bridgehead atoms. The molecule has 0 unspecified atom stereocenters. The van der Waals surface area contributed by atoms with Crippen molar-refractivity contribution in [1.82, 2.24) is 0 Å². The van der Waals surface area contributed by atoms with Crippen molar-refractivity contribution < 1.29 is 4.74 Å². The highest BCUT2D eigenvalue weighted by atomic mass is 35.5. The molecule has 0 saturated carbocycles. The molecule has 0 fully saturated rings. The van der Waals surface area contributed by atoms with Gasteiger partial charge in [-0.1, -0.05) is 41.4 Å². The van der Waals surface area contributed by atoms with Crippen LogP contribution in [-0.4, -0.2) is 6.54 Å². The fourth-order valence-electron chi connectivity index (χ4n) is 1.80. The third kappa shape index (κ3) is 3.87. The summed E-state index contributed by atoms with van der Waals surface area (Å²) >= 11 is 12.0. The van der Waals surface area contributed by atoms with Crippen LogP contribution in [0.4, 0.5) is 0 Å². The summed E-state index contributed by atoms with van der Waals surface area (Å²) in [6.45, 7) is 1.02. The smallest absolute Gasteiger partial charge is 0.124 e. The number of ether oxygens (including phenoxy) is 1. The summed E-state index contributed by atoms with van der Waals surface area (Å²) in [6, 6.07) is 13.2. The van der Waals surface area contributed by atoms with Crippen molar-refractivity contribution in [2.45, 2.75) is 13.0 Å². The van der Waals surface area contributed by atoms with E-state index in [1.807, 2.05) is 42.5 Å². The van der Waals surface area contributed by atoms with Crippen molar-refractivity contribution in [3.63, 3.8) is 0 Å². The fraction of sp³-hybridized carbons (Fsp3) is 0.200. The molecule has 0 aliphatic heterocycles. The van der Waals surface area contributed by atoms with E-state index >= 15 is 0 Å². The summed E-state index contributed by atoms with van der Waals surface area (Å²) in [4.78, 5) is 0. The summed E-state index contributed by atoms with van der Waals surface area (Å²) in [6.07, 6.45) is 0.704. The van der Waals surface area contributed by atoms with Crippen LogP contribution in [0.25, 0.3) is 0 Å². The predicted octanol–water partition coefficient (Wildman–Crippen LogP) is 4.07. The van der Waals surface area contributed by atoms with E-state index in [9.17, 15) is 0 Å². The molecule has 4 heteroatoms. The molecule has 2 rings (SSSR count). The number of hydrogen-bond acceptors (Lipinski definition) is 2. The van der Waals surface area contributed by atoms with E-state index in [-0.39, 0.29) is 0 Å². The standard InChI is InChI=1S/C15H15Cl2NO/c16-12-6-4-11(5-7-12)10-19-15-3-1-2-14(17)13(15)8-9-18/h1-7H,8-10,18H2. The Hall–Kier alpha value is -1.22. The second kappa shape index (κ2) is 6.80. The average Bonchev–Trinajstić information content (AvgIpc) is 2.41. The van der Waals surface area contributed by atoms with Crippen molar-refractivity contribution >= 4 is 23.2 Å². The lowest BCUT2D eigenvalue weighted by Crippen LogP contribution is -2.06. The minimum absolute atomic E-state index is 0.481. The minimum atomic E-state index is 0.481. The topological polar surface area (TPSA) is 35.2 Å². The van der Waals surface area contributed by atoms with E-state index in [1.165, 1.54) is 0 Å². The van der Waals surface area contributed by atoms with Crippen molar-refractivity contribution in [3.8, 4) is 5.75 Å². The zero-order valence-electron chi connectivity index (χ0n) is 10.4. The van der Waals surface area contributed by atoms with Crippen LogP contribution in [0.15, 0.2) is 42.5 Å². The van der Waals surface area contributed by atoms with Crippen molar-refractivity contribution in [2.24, 2.45) is 5.73 Å². The Morgan fingerprint density at radius 1 is 1.00 bits per heavy atom. The van der Waals surface area contributed by atoms with Gasteiger partial charge in [0.25, 0.3) is 0 Å². The quantitative estimate of drug-likeness (QED) is 0.902. The van der Waals surface area contributed by atoms with Crippen molar-refractivity contribution in [2.75, 3.05) is 6.54 Å². The number of hydrogen-bond donors (Lipinski definition) is 1. The molecule has 19 heavy (non-hydrogen) atoms. The summed E-state index contributed by atoms with van der Waals surface area (Å²) in [5.41, 5.74) is 7.61. The van der Waals surface area contributed by atoms with Crippen LogP contribution in [0.2, 0.25) is 10.0 Å². The normalized spacial score (nSPS) is 10.5. The molecule has 0 aliphatic rings. The van der Waals surface area contributed by atoms with Gasteiger partial charge >= 0.3 is 0 Å². The molecule has 2 aromatic rings. The van der Waals surface area contributed by atoms with E-state index in [4.69, 9.17) is 33.7 Å². The van der Waals surface area contributed by atoms with Crippen molar-refractivity contribution in [1.29, 1.82) is 0 Å². The highest BCUT2D eigenvalue weighted by Gasteiger charge is 2.07. The average molecular weight is 296 g/mol. The largest absolute Gasteiger partial charge is 0.489 e. The maximum atomic E-state index is 6.16. The van der Waals surface area contributed by atoms with Crippen LogP contribution < -0.4 is 10.5 Å². The third-order valence-corrected chi connectivity index (χ3v) is 3.38. The maximum Gasteiger partial charge on any atom is 0.124 e. The Balaban J connectivity index is 2.10. The molecular formula is C15H15Cl2NO. The van der Waals surface area contributed by atoms with E-state index in [1.54, 1.807) is 0 Å². The van der Waals surface area contributed by atoms with Gasteiger partial charge in [0.05, 0.1) is 0 Å².